The molecular weight excluding hydrogens is 226 g/mol. The number of nitrogens with zero attached hydrogens (tertiary/aromatic N) is 1. The largest absolute Gasteiger partial charge is 0.346 e. The van der Waals surface area contributed by atoms with Gasteiger partial charge in [-0.15, -0.1) is 0 Å². The van der Waals surface area contributed by atoms with Gasteiger partial charge in [0.2, 0.25) is 0 Å². The minimum absolute atomic E-state index is 0.0983. The molecule has 1 unspecified atom stereocenters. The Balaban J connectivity index is 2.04. The zero-order chi connectivity index (χ0) is 11.7. The Morgan fingerprint density at radius 2 is 2.44 bits per heavy atom. The van der Waals surface area contributed by atoms with E-state index in [1.54, 1.807) is 23.9 Å². The Labute approximate surface area is 99.8 Å². The molecule has 1 aliphatic carbocycles. The molecule has 1 amide bonds. The van der Waals surface area contributed by atoms with Crippen LogP contribution < -0.4 is 11.1 Å². The number of aryl methyl sites for hydroxylation is 1. The number of hydrogen-bond donors (Lipinski definition) is 2. The van der Waals surface area contributed by atoms with Crippen LogP contribution in [0.25, 0.3) is 0 Å². The zero-order valence-corrected chi connectivity index (χ0v) is 10.00. The molecule has 88 valence electrons. The van der Waals surface area contributed by atoms with Crippen LogP contribution in [0.3, 0.4) is 0 Å². The number of amides is 1. The van der Waals surface area contributed by atoms with Gasteiger partial charge < -0.3 is 15.6 Å². The Hall–Kier alpha value is -1.00. The fourth-order valence-corrected chi connectivity index (χ4v) is 2.11. The molecule has 1 saturated carbocycles. The minimum Gasteiger partial charge on any atom is -0.346 e. The molecule has 0 bridgehead atoms. The molecule has 0 aliphatic heterocycles. The van der Waals surface area contributed by atoms with Crippen molar-refractivity contribution in [2.45, 2.75) is 18.9 Å². The monoisotopic (exact) mass is 241 g/mol. The van der Waals surface area contributed by atoms with Crippen LogP contribution in [0.4, 0.5) is 0 Å². The van der Waals surface area contributed by atoms with Crippen molar-refractivity contribution in [1.82, 2.24) is 9.88 Å². The van der Waals surface area contributed by atoms with Crippen molar-refractivity contribution >= 4 is 17.5 Å². The number of hydrogen-bond acceptors (Lipinski definition) is 2. The quantitative estimate of drug-likeness (QED) is 0.831. The SMILES string of the molecule is Cn1cc(Cl)cc1C(=O)NC(CN)C1CC1. The summed E-state index contributed by atoms with van der Waals surface area (Å²) in [5.74, 6) is 0.460. The van der Waals surface area contributed by atoms with Crippen molar-refractivity contribution in [1.29, 1.82) is 0 Å². The number of halogens is 1. The maximum absolute atomic E-state index is 11.9. The summed E-state index contributed by atoms with van der Waals surface area (Å²) in [5, 5.41) is 3.53. The van der Waals surface area contributed by atoms with E-state index in [0.717, 1.165) is 12.8 Å². The second-order valence-corrected chi connectivity index (χ2v) is 4.74. The summed E-state index contributed by atoms with van der Waals surface area (Å²) in [5.41, 5.74) is 6.21. The van der Waals surface area contributed by atoms with Crippen LogP contribution in [-0.2, 0) is 7.05 Å². The lowest BCUT2D eigenvalue weighted by Gasteiger charge is -2.16. The predicted molar refractivity (Wildman–Crippen MR) is 63.5 cm³/mol. The van der Waals surface area contributed by atoms with E-state index in [-0.39, 0.29) is 11.9 Å². The van der Waals surface area contributed by atoms with E-state index in [1.807, 2.05) is 0 Å². The van der Waals surface area contributed by atoms with Gasteiger partial charge in [-0.3, -0.25) is 4.79 Å². The standard InChI is InChI=1S/C11H16ClN3O/c1-15-6-8(12)4-10(15)11(16)14-9(5-13)7-2-3-7/h4,6-7,9H,2-3,5,13H2,1H3,(H,14,16). The van der Waals surface area contributed by atoms with E-state index in [1.165, 1.54) is 0 Å². The number of nitrogens with one attached hydrogen (secondary N) is 1. The van der Waals surface area contributed by atoms with Crippen molar-refractivity contribution in [2.24, 2.45) is 18.7 Å². The molecule has 1 heterocycles. The van der Waals surface area contributed by atoms with E-state index in [9.17, 15) is 4.79 Å². The van der Waals surface area contributed by atoms with E-state index >= 15 is 0 Å². The number of carbonyl (C=O) groups is 1. The van der Waals surface area contributed by atoms with E-state index < -0.39 is 0 Å². The average Bonchev–Trinajstić information content (AvgIpc) is 3.01. The van der Waals surface area contributed by atoms with Crippen LogP contribution in [0.5, 0.6) is 0 Å². The van der Waals surface area contributed by atoms with Gasteiger partial charge in [0.15, 0.2) is 0 Å². The molecule has 0 radical (unpaired) electrons. The highest BCUT2D eigenvalue weighted by Gasteiger charge is 2.31. The predicted octanol–water partition coefficient (Wildman–Crippen LogP) is 1.15. The first kappa shape index (κ1) is 11.5. The summed E-state index contributed by atoms with van der Waals surface area (Å²) in [7, 11) is 1.80. The molecule has 16 heavy (non-hydrogen) atoms. The maximum atomic E-state index is 11.9. The van der Waals surface area contributed by atoms with Gasteiger partial charge in [-0.05, 0) is 24.8 Å². The van der Waals surface area contributed by atoms with Crippen LogP contribution in [0.15, 0.2) is 12.3 Å². The first-order valence-electron chi connectivity index (χ1n) is 5.44. The second kappa shape index (κ2) is 4.47. The molecule has 0 spiro atoms. The summed E-state index contributed by atoms with van der Waals surface area (Å²) in [6.45, 7) is 0.495. The molecule has 0 saturated heterocycles. The lowest BCUT2D eigenvalue weighted by molar-refractivity contribution is 0.0925. The zero-order valence-electron chi connectivity index (χ0n) is 9.24. The van der Waals surface area contributed by atoms with Crippen molar-refractivity contribution in [3.05, 3.63) is 23.0 Å². The van der Waals surface area contributed by atoms with Gasteiger partial charge in [-0.2, -0.15) is 0 Å². The molecule has 1 fully saturated rings. The third kappa shape index (κ3) is 2.39. The van der Waals surface area contributed by atoms with Crippen LogP contribution in [-0.4, -0.2) is 23.1 Å². The first-order chi connectivity index (χ1) is 7.61. The summed E-state index contributed by atoms with van der Waals surface area (Å²) < 4.78 is 1.72. The Morgan fingerprint density at radius 1 is 1.75 bits per heavy atom. The van der Waals surface area contributed by atoms with Gasteiger partial charge in [0.1, 0.15) is 5.69 Å². The molecule has 1 aromatic rings. The third-order valence-corrected chi connectivity index (χ3v) is 3.17. The number of nitrogens with two attached hydrogens (primary N) is 1. The van der Waals surface area contributed by atoms with Crippen molar-refractivity contribution in [3.8, 4) is 0 Å². The Bertz CT molecular complexity index is 398. The smallest absolute Gasteiger partial charge is 0.268 e. The van der Waals surface area contributed by atoms with E-state index in [2.05, 4.69) is 5.32 Å². The van der Waals surface area contributed by atoms with E-state index in [4.69, 9.17) is 17.3 Å². The summed E-state index contributed by atoms with van der Waals surface area (Å²) in [6.07, 6.45) is 4.04. The van der Waals surface area contributed by atoms with Crippen molar-refractivity contribution in [3.63, 3.8) is 0 Å². The number of rotatable bonds is 4. The minimum atomic E-state index is -0.100. The first-order valence-corrected chi connectivity index (χ1v) is 5.82. The average molecular weight is 242 g/mol. The fraction of sp³-hybridized carbons (Fsp3) is 0.545. The van der Waals surface area contributed by atoms with Crippen molar-refractivity contribution in [2.75, 3.05) is 6.54 Å². The lowest BCUT2D eigenvalue weighted by atomic mass is 10.2. The van der Waals surface area contributed by atoms with Crippen LogP contribution in [0.1, 0.15) is 23.3 Å². The molecular formula is C11H16ClN3O. The molecule has 1 aromatic heterocycles. The highest BCUT2D eigenvalue weighted by atomic mass is 35.5. The van der Waals surface area contributed by atoms with Gasteiger partial charge in [-0.25, -0.2) is 0 Å². The summed E-state index contributed by atoms with van der Waals surface area (Å²) >= 11 is 5.83. The van der Waals surface area contributed by atoms with Crippen molar-refractivity contribution < 1.29 is 4.79 Å². The van der Waals surface area contributed by atoms with Crippen LogP contribution in [0.2, 0.25) is 5.02 Å². The van der Waals surface area contributed by atoms with Gasteiger partial charge in [-0.1, -0.05) is 11.6 Å². The van der Waals surface area contributed by atoms with Crippen LogP contribution in [0, 0.1) is 5.92 Å². The maximum Gasteiger partial charge on any atom is 0.268 e. The number of aromatic nitrogens is 1. The molecule has 1 aliphatic rings. The molecule has 2 rings (SSSR count). The van der Waals surface area contributed by atoms with Gasteiger partial charge in [0, 0.05) is 25.8 Å². The van der Waals surface area contributed by atoms with Gasteiger partial charge in [0.25, 0.3) is 5.91 Å². The molecule has 5 heteroatoms. The normalized spacial score (nSPS) is 17.2. The van der Waals surface area contributed by atoms with Gasteiger partial charge in [0.05, 0.1) is 5.02 Å². The highest BCUT2D eigenvalue weighted by Crippen LogP contribution is 2.32. The second-order valence-electron chi connectivity index (χ2n) is 4.31. The molecule has 3 N–H and O–H groups in total. The summed E-state index contributed by atoms with van der Waals surface area (Å²) in [6, 6.07) is 1.76. The Morgan fingerprint density at radius 3 is 2.88 bits per heavy atom. The molecule has 4 nitrogen and oxygen atoms in total. The Kier molecular flexibility index (Phi) is 3.21. The lowest BCUT2D eigenvalue weighted by Crippen LogP contribution is -2.42. The van der Waals surface area contributed by atoms with Crippen LogP contribution >= 0.6 is 11.6 Å². The number of carbonyl (C=O) groups excluding carboxylic acids is 1. The fourth-order valence-electron chi connectivity index (χ4n) is 1.86. The molecule has 0 aromatic carbocycles. The highest BCUT2D eigenvalue weighted by molar-refractivity contribution is 6.31. The molecule has 1 atom stereocenters. The van der Waals surface area contributed by atoms with E-state index in [0.29, 0.717) is 23.2 Å². The van der Waals surface area contributed by atoms with Gasteiger partial charge >= 0.3 is 0 Å². The topological polar surface area (TPSA) is 60.0 Å². The third-order valence-electron chi connectivity index (χ3n) is 2.97. The summed E-state index contributed by atoms with van der Waals surface area (Å²) in [4.78, 5) is 11.9.